The van der Waals surface area contributed by atoms with Gasteiger partial charge in [-0.2, -0.15) is 0 Å². The quantitative estimate of drug-likeness (QED) is 0.170. The molecular formula is C57H41N. The third-order valence-electron chi connectivity index (χ3n) is 13.3. The monoisotopic (exact) mass is 739 g/mol. The van der Waals surface area contributed by atoms with Gasteiger partial charge in [0.15, 0.2) is 0 Å². The maximum absolute atomic E-state index is 2.56. The molecule has 3 aliphatic carbocycles. The van der Waals surface area contributed by atoms with Crippen molar-refractivity contribution >= 4 is 27.8 Å². The van der Waals surface area contributed by atoms with Gasteiger partial charge < -0.3 is 4.90 Å². The number of aryl methyl sites for hydroxylation is 2. The van der Waals surface area contributed by atoms with E-state index in [0.717, 1.165) is 17.8 Å². The van der Waals surface area contributed by atoms with Gasteiger partial charge in [0.2, 0.25) is 0 Å². The lowest BCUT2D eigenvalue weighted by atomic mass is 9.70. The summed E-state index contributed by atoms with van der Waals surface area (Å²) in [7, 11) is 0. The van der Waals surface area contributed by atoms with Gasteiger partial charge in [0, 0.05) is 16.9 Å². The van der Waals surface area contributed by atoms with Crippen molar-refractivity contribution in [3.63, 3.8) is 0 Å². The van der Waals surface area contributed by atoms with Crippen molar-refractivity contribution in [2.24, 2.45) is 0 Å². The minimum Gasteiger partial charge on any atom is -0.310 e. The predicted octanol–water partition coefficient (Wildman–Crippen LogP) is 14.9. The molecule has 3 aliphatic rings. The molecule has 0 bridgehead atoms. The van der Waals surface area contributed by atoms with Crippen molar-refractivity contribution in [2.75, 3.05) is 4.90 Å². The number of benzene rings is 9. The van der Waals surface area contributed by atoms with Gasteiger partial charge >= 0.3 is 0 Å². The van der Waals surface area contributed by atoms with Gasteiger partial charge in [-0.25, -0.2) is 0 Å². The van der Waals surface area contributed by atoms with E-state index >= 15 is 0 Å². The summed E-state index contributed by atoms with van der Waals surface area (Å²) in [6.07, 6.45) is 4.83. The number of rotatable bonds is 5. The van der Waals surface area contributed by atoms with Gasteiger partial charge in [-0.1, -0.05) is 164 Å². The van der Waals surface area contributed by atoms with Crippen LogP contribution in [0.15, 0.2) is 200 Å². The summed E-state index contributed by atoms with van der Waals surface area (Å²) in [5.74, 6) is 0. The van der Waals surface area contributed by atoms with Crippen LogP contribution < -0.4 is 4.90 Å². The van der Waals surface area contributed by atoms with Crippen LogP contribution in [0.25, 0.3) is 55.3 Å². The number of para-hydroxylation sites is 1. The Morgan fingerprint density at radius 2 is 0.897 bits per heavy atom. The van der Waals surface area contributed by atoms with E-state index in [1.807, 2.05) is 0 Å². The zero-order valence-corrected chi connectivity index (χ0v) is 32.3. The van der Waals surface area contributed by atoms with Crippen LogP contribution >= 0.6 is 0 Å². The molecule has 0 unspecified atom stereocenters. The van der Waals surface area contributed by atoms with E-state index in [2.05, 4.69) is 205 Å². The zero-order valence-electron chi connectivity index (χ0n) is 32.3. The Hall–Kier alpha value is -6.96. The van der Waals surface area contributed by atoms with E-state index < -0.39 is 5.41 Å². The van der Waals surface area contributed by atoms with E-state index in [4.69, 9.17) is 0 Å². The summed E-state index contributed by atoms with van der Waals surface area (Å²) in [4.78, 5) is 2.51. The topological polar surface area (TPSA) is 3.24 Å². The molecule has 58 heavy (non-hydrogen) atoms. The standard InChI is InChI=1S/C57H41N/c1-2-19-43(20-3-1)58(44-33-31-40(32-34-44)46-25-14-18-39-16-6-7-21-45(39)46)56-37-55-51(36-50(56)42-30-29-38-15-4-5-17-41(38)35-42)49-24-10-13-28-54(49)57(55)52-26-11-8-22-47(52)48-23-9-12-27-53(48)57/h1-3,6-14,16,18-37H,4-5,15,17H2. The van der Waals surface area contributed by atoms with E-state index in [0.29, 0.717) is 0 Å². The lowest BCUT2D eigenvalue weighted by molar-refractivity contribution is 0.686. The zero-order chi connectivity index (χ0) is 38.2. The molecule has 0 saturated carbocycles. The van der Waals surface area contributed by atoms with Crippen LogP contribution in [0.4, 0.5) is 17.1 Å². The highest BCUT2D eigenvalue weighted by atomic mass is 15.1. The largest absolute Gasteiger partial charge is 0.310 e. The number of hydrogen-bond acceptors (Lipinski definition) is 1. The van der Waals surface area contributed by atoms with Crippen LogP contribution in [-0.2, 0) is 18.3 Å². The second kappa shape index (κ2) is 13.0. The molecule has 0 amide bonds. The molecule has 1 heteroatoms. The summed E-state index contributed by atoms with van der Waals surface area (Å²) >= 11 is 0. The van der Waals surface area contributed by atoms with Crippen molar-refractivity contribution in [1.29, 1.82) is 0 Å². The van der Waals surface area contributed by atoms with E-state index in [-0.39, 0.29) is 0 Å². The number of fused-ring (bicyclic) bond motifs is 12. The Bertz CT molecular complexity index is 3010. The van der Waals surface area contributed by atoms with Gasteiger partial charge in [0.25, 0.3) is 0 Å². The molecule has 0 fully saturated rings. The Morgan fingerprint density at radius 3 is 1.62 bits per heavy atom. The van der Waals surface area contributed by atoms with Crippen molar-refractivity contribution in [2.45, 2.75) is 31.1 Å². The fraction of sp³-hybridized carbons (Fsp3) is 0.0877. The average Bonchev–Trinajstić information content (AvgIpc) is 3.76. The Kier molecular flexibility index (Phi) is 7.47. The lowest BCUT2D eigenvalue weighted by Crippen LogP contribution is -2.26. The van der Waals surface area contributed by atoms with Crippen LogP contribution in [0.1, 0.15) is 46.2 Å². The molecule has 9 aromatic carbocycles. The van der Waals surface area contributed by atoms with E-state index in [1.54, 1.807) is 0 Å². The van der Waals surface area contributed by atoms with E-state index in [9.17, 15) is 0 Å². The second-order valence-corrected chi connectivity index (χ2v) is 16.2. The molecule has 12 rings (SSSR count). The molecule has 0 aromatic heterocycles. The molecule has 0 radical (unpaired) electrons. The molecule has 0 heterocycles. The fourth-order valence-electron chi connectivity index (χ4n) is 10.7. The van der Waals surface area contributed by atoms with E-state index in [1.165, 1.54) is 114 Å². The first-order chi connectivity index (χ1) is 28.8. The minimum atomic E-state index is -0.442. The molecule has 1 spiro atoms. The Balaban J connectivity index is 1.14. The summed E-state index contributed by atoms with van der Waals surface area (Å²) in [6.45, 7) is 0. The van der Waals surface area contributed by atoms with Crippen LogP contribution in [-0.4, -0.2) is 0 Å². The first-order valence-corrected chi connectivity index (χ1v) is 20.8. The van der Waals surface area contributed by atoms with Gasteiger partial charge in [0.1, 0.15) is 0 Å². The first-order valence-electron chi connectivity index (χ1n) is 20.8. The van der Waals surface area contributed by atoms with Crippen molar-refractivity contribution in [1.82, 2.24) is 0 Å². The molecule has 0 aliphatic heterocycles. The SMILES string of the molecule is c1ccc(N(c2ccc(-c3cccc4ccccc34)cc2)c2cc3c(cc2-c2ccc4c(c2)CCCC4)-c2ccccc2C32c3ccccc3-c3ccccc32)cc1. The molecule has 9 aromatic rings. The highest BCUT2D eigenvalue weighted by Gasteiger charge is 2.52. The maximum atomic E-state index is 2.56. The number of nitrogens with zero attached hydrogens (tertiary/aromatic N) is 1. The van der Waals surface area contributed by atoms with Crippen molar-refractivity contribution in [3.8, 4) is 44.5 Å². The van der Waals surface area contributed by atoms with Crippen molar-refractivity contribution < 1.29 is 0 Å². The number of anilines is 3. The fourth-order valence-corrected chi connectivity index (χ4v) is 10.7. The first kappa shape index (κ1) is 33.2. The second-order valence-electron chi connectivity index (χ2n) is 16.2. The van der Waals surface area contributed by atoms with Gasteiger partial charge in [-0.3, -0.25) is 0 Å². The smallest absolute Gasteiger partial charge is 0.0726 e. The summed E-state index contributed by atoms with van der Waals surface area (Å²) < 4.78 is 0. The van der Waals surface area contributed by atoms with Crippen LogP contribution in [0, 0.1) is 0 Å². The molecule has 274 valence electrons. The average molecular weight is 740 g/mol. The molecule has 0 atom stereocenters. The maximum Gasteiger partial charge on any atom is 0.0726 e. The lowest BCUT2D eigenvalue weighted by Gasteiger charge is -2.33. The molecular weight excluding hydrogens is 699 g/mol. The van der Waals surface area contributed by atoms with Gasteiger partial charge in [-0.15, -0.1) is 0 Å². The third-order valence-corrected chi connectivity index (χ3v) is 13.3. The van der Waals surface area contributed by atoms with Gasteiger partial charge in [-0.05, 0) is 145 Å². The predicted molar refractivity (Wildman–Crippen MR) is 242 cm³/mol. The molecule has 0 N–H and O–H groups in total. The van der Waals surface area contributed by atoms with Crippen molar-refractivity contribution in [3.05, 3.63) is 234 Å². The number of hydrogen-bond donors (Lipinski definition) is 0. The summed E-state index contributed by atoms with van der Waals surface area (Å²) in [5.41, 5.74) is 21.7. The Morgan fingerprint density at radius 1 is 0.345 bits per heavy atom. The van der Waals surface area contributed by atoms with Crippen LogP contribution in [0.5, 0.6) is 0 Å². The van der Waals surface area contributed by atoms with Crippen LogP contribution in [0.3, 0.4) is 0 Å². The Labute approximate surface area is 340 Å². The van der Waals surface area contributed by atoms with Gasteiger partial charge in [0.05, 0.1) is 11.1 Å². The summed E-state index contributed by atoms with van der Waals surface area (Å²) in [6, 6.07) is 75.3. The highest BCUT2D eigenvalue weighted by molar-refractivity contribution is 6.01. The minimum absolute atomic E-state index is 0.442. The molecule has 1 nitrogen and oxygen atoms in total. The normalized spacial score (nSPS) is 14.1. The molecule has 0 saturated heterocycles. The van der Waals surface area contributed by atoms with Crippen LogP contribution in [0.2, 0.25) is 0 Å². The third kappa shape index (κ3) is 4.83. The highest BCUT2D eigenvalue weighted by Crippen LogP contribution is 2.64. The summed E-state index contributed by atoms with van der Waals surface area (Å²) in [5, 5.41) is 2.53.